The molecule has 0 fully saturated rings. The molecule has 0 aliphatic heterocycles. The topological polar surface area (TPSA) is 54.9 Å². The third-order valence-corrected chi connectivity index (χ3v) is 3.85. The highest BCUT2D eigenvalue weighted by Gasteiger charge is 2.06. The molecule has 2 rings (SSSR count). The van der Waals surface area contributed by atoms with E-state index < -0.39 is 0 Å². The Kier molecular flexibility index (Phi) is 6.66. The molecule has 0 saturated carbocycles. The van der Waals surface area contributed by atoms with Crippen LogP contribution in [0.1, 0.15) is 5.56 Å². The van der Waals surface area contributed by atoms with Crippen LogP contribution in [0.15, 0.2) is 41.5 Å². The Morgan fingerprint density at radius 2 is 1.75 bits per heavy atom. The minimum absolute atomic E-state index is 0.307. The van der Waals surface area contributed by atoms with E-state index in [0.29, 0.717) is 32.2 Å². The number of benzene rings is 2. The number of thiocarbonyl (C=S) groups is 1. The van der Waals surface area contributed by atoms with Crippen LogP contribution in [0, 0.1) is 0 Å². The minimum Gasteiger partial charge on any atom is -0.493 e. The molecule has 8 heteroatoms. The van der Waals surface area contributed by atoms with Crippen LogP contribution >= 0.6 is 35.4 Å². The minimum atomic E-state index is 0.307. The third-order valence-electron chi connectivity index (χ3n) is 3.00. The van der Waals surface area contributed by atoms with Gasteiger partial charge in [-0.3, -0.25) is 5.43 Å². The number of ether oxygens (including phenoxy) is 2. The molecular formula is C16H15Cl2N3O2S. The SMILES string of the molecule is COc1ccc(NC(=S)N/N=C/c2c(Cl)cccc2Cl)cc1OC. The first-order valence-corrected chi connectivity index (χ1v) is 7.97. The van der Waals surface area contributed by atoms with Crippen molar-refractivity contribution in [2.24, 2.45) is 5.10 Å². The van der Waals surface area contributed by atoms with Gasteiger partial charge in [-0.15, -0.1) is 0 Å². The average molecular weight is 384 g/mol. The Labute approximate surface area is 155 Å². The highest BCUT2D eigenvalue weighted by Crippen LogP contribution is 2.29. The Morgan fingerprint density at radius 3 is 2.38 bits per heavy atom. The molecule has 0 aliphatic carbocycles. The van der Waals surface area contributed by atoms with Crippen LogP contribution in [0.5, 0.6) is 11.5 Å². The molecule has 2 aromatic rings. The first kappa shape index (κ1) is 18.3. The van der Waals surface area contributed by atoms with Crippen molar-refractivity contribution in [2.45, 2.75) is 0 Å². The Balaban J connectivity index is 2.00. The van der Waals surface area contributed by atoms with Gasteiger partial charge in [-0.1, -0.05) is 29.3 Å². The van der Waals surface area contributed by atoms with Crippen molar-refractivity contribution in [2.75, 3.05) is 19.5 Å². The molecule has 0 atom stereocenters. The van der Waals surface area contributed by atoms with Crippen LogP contribution in [0.4, 0.5) is 5.69 Å². The lowest BCUT2D eigenvalue weighted by Gasteiger charge is -2.11. The van der Waals surface area contributed by atoms with Gasteiger partial charge >= 0.3 is 0 Å². The number of rotatable bonds is 5. The van der Waals surface area contributed by atoms with Crippen molar-refractivity contribution in [3.63, 3.8) is 0 Å². The molecule has 0 bridgehead atoms. The smallest absolute Gasteiger partial charge is 0.191 e. The van der Waals surface area contributed by atoms with E-state index in [1.165, 1.54) is 6.21 Å². The number of hydrogen-bond donors (Lipinski definition) is 2. The van der Waals surface area contributed by atoms with E-state index in [1.807, 2.05) is 6.07 Å². The van der Waals surface area contributed by atoms with Crippen LogP contribution < -0.4 is 20.2 Å². The molecule has 0 amide bonds. The molecule has 24 heavy (non-hydrogen) atoms. The van der Waals surface area contributed by atoms with Gasteiger partial charge in [0.05, 0.1) is 30.5 Å². The van der Waals surface area contributed by atoms with Crippen molar-refractivity contribution in [1.82, 2.24) is 5.43 Å². The maximum absolute atomic E-state index is 6.06. The highest BCUT2D eigenvalue weighted by molar-refractivity contribution is 7.80. The Bertz CT molecular complexity index is 749. The van der Waals surface area contributed by atoms with Gasteiger partial charge in [0.1, 0.15) is 0 Å². The van der Waals surface area contributed by atoms with Crippen molar-refractivity contribution in [3.05, 3.63) is 52.0 Å². The number of methoxy groups -OCH3 is 2. The molecule has 5 nitrogen and oxygen atoms in total. The third kappa shape index (κ3) is 4.74. The molecular weight excluding hydrogens is 369 g/mol. The van der Waals surface area contributed by atoms with Gasteiger partial charge in [-0.05, 0) is 36.5 Å². The zero-order chi connectivity index (χ0) is 17.5. The standard InChI is InChI=1S/C16H15Cl2N3O2S/c1-22-14-7-6-10(8-15(14)23-2)20-16(24)21-19-9-11-12(17)4-3-5-13(11)18/h3-9H,1-2H3,(H2,20,21,24)/b19-9+. The molecule has 0 unspecified atom stereocenters. The zero-order valence-corrected chi connectivity index (χ0v) is 15.3. The first-order valence-electron chi connectivity index (χ1n) is 6.81. The summed E-state index contributed by atoms with van der Waals surface area (Å²) < 4.78 is 10.4. The quantitative estimate of drug-likeness (QED) is 0.457. The summed E-state index contributed by atoms with van der Waals surface area (Å²) in [6.07, 6.45) is 1.51. The van der Waals surface area contributed by atoms with Crippen LogP contribution in [0.2, 0.25) is 10.0 Å². The molecule has 2 aromatic carbocycles. The van der Waals surface area contributed by atoms with Gasteiger partial charge in [-0.2, -0.15) is 5.10 Å². The normalized spacial score (nSPS) is 10.5. The summed E-state index contributed by atoms with van der Waals surface area (Å²) in [6, 6.07) is 10.6. The second-order valence-electron chi connectivity index (χ2n) is 4.53. The van der Waals surface area contributed by atoms with Crippen molar-refractivity contribution >= 4 is 52.4 Å². The number of halogens is 2. The second kappa shape index (κ2) is 8.73. The molecule has 0 heterocycles. The van der Waals surface area contributed by atoms with E-state index in [0.717, 1.165) is 5.69 Å². The largest absolute Gasteiger partial charge is 0.493 e. The lowest BCUT2D eigenvalue weighted by atomic mass is 10.2. The summed E-state index contributed by atoms with van der Waals surface area (Å²) in [5.74, 6) is 1.23. The highest BCUT2D eigenvalue weighted by atomic mass is 35.5. The Hall–Kier alpha value is -2.02. The van der Waals surface area contributed by atoms with Gasteiger partial charge in [0.25, 0.3) is 0 Å². The first-order chi connectivity index (χ1) is 11.5. The fourth-order valence-corrected chi connectivity index (χ4v) is 2.53. The van der Waals surface area contributed by atoms with Crippen LogP contribution in [-0.2, 0) is 0 Å². The number of hydrogen-bond acceptors (Lipinski definition) is 4. The second-order valence-corrected chi connectivity index (χ2v) is 5.75. The lowest BCUT2D eigenvalue weighted by Crippen LogP contribution is -2.23. The number of anilines is 1. The van der Waals surface area contributed by atoms with E-state index in [-0.39, 0.29) is 0 Å². The molecule has 126 valence electrons. The number of nitrogens with zero attached hydrogens (tertiary/aromatic N) is 1. The van der Waals surface area contributed by atoms with E-state index in [4.69, 9.17) is 44.9 Å². The fraction of sp³-hybridized carbons (Fsp3) is 0.125. The zero-order valence-electron chi connectivity index (χ0n) is 13.0. The summed E-state index contributed by atoms with van der Waals surface area (Å²) in [4.78, 5) is 0. The summed E-state index contributed by atoms with van der Waals surface area (Å²) in [7, 11) is 3.14. The van der Waals surface area contributed by atoms with Crippen LogP contribution in [0.25, 0.3) is 0 Å². The summed E-state index contributed by atoms with van der Waals surface area (Å²) in [5, 5.41) is 8.34. The van der Waals surface area contributed by atoms with E-state index in [1.54, 1.807) is 44.6 Å². The van der Waals surface area contributed by atoms with Crippen LogP contribution in [0.3, 0.4) is 0 Å². The lowest BCUT2D eigenvalue weighted by molar-refractivity contribution is 0.355. The van der Waals surface area contributed by atoms with Crippen molar-refractivity contribution < 1.29 is 9.47 Å². The van der Waals surface area contributed by atoms with Gasteiger partial charge in [0.2, 0.25) is 0 Å². The maximum atomic E-state index is 6.06. The molecule has 0 spiro atoms. The van der Waals surface area contributed by atoms with Gasteiger partial charge in [-0.25, -0.2) is 0 Å². The summed E-state index contributed by atoms with van der Waals surface area (Å²) in [5.41, 5.74) is 4.05. The predicted octanol–water partition coefficient (Wildman–Crippen LogP) is 4.33. The molecule has 2 N–H and O–H groups in total. The van der Waals surface area contributed by atoms with E-state index in [2.05, 4.69) is 15.8 Å². The maximum Gasteiger partial charge on any atom is 0.191 e. The number of hydrazone groups is 1. The van der Waals surface area contributed by atoms with Crippen LogP contribution in [-0.4, -0.2) is 25.5 Å². The summed E-state index contributed by atoms with van der Waals surface area (Å²) >= 11 is 17.3. The molecule has 0 aromatic heterocycles. The van der Waals surface area contributed by atoms with E-state index in [9.17, 15) is 0 Å². The number of nitrogens with one attached hydrogen (secondary N) is 2. The summed E-state index contributed by atoms with van der Waals surface area (Å²) in [6.45, 7) is 0. The molecule has 0 radical (unpaired) electrons. The fourth-order valence-electron chi connectivity index (χ4n) is 1.86. The van der Waals surface area contributed by atoms with Crippen molar-refractivity contribution in [1.29, 1.82) is 0 Å². The van der Waals surface area contributed by atoms with Gasteiger partial charge in [0, 0.05) is 17.3 Å². The van der Waals surface area contributed by atoms with E-state index >= 15 is 0 Å². The van der Waals surface area contributed by atoms with Gasteiger partial charge < -0.3 is 14.8 Å². The molecule has 0 saturated heterocycles. The monoisotopic (exact) mass is 383 g/mol. The van der Waals surface area contributed by atoms with Gasteiger partial charge in [0.15, 0.2) is 16.6 Å². The molecule has 0 aliphatic rings. The average Bonchev–Trinajstić information content (AvgIpc) is 2.57. The van der Waals surface area contributed by atoms with Crippen molar-refractivity contribution in [3.8, 4) is 11.5 Å². The predicted molar refractivity (Wildman–Crippen MR) is 103 cm³/mol. The Morgan fingerprint density at radius 1 is 1.08 bits per heavy atom.